The summed E-state index contributed by atoms with van der Waals surface area (Å²) in [5.41, 5.74) is 0.121. The molecule has 2 rings (SSSR count). The number of hydrogen-bond acceptors (Lipinski definition) is 5. The summed E-state index contributed by atoms with van der Waals surface area (Å²) >= 11 is 1.36. The second-order valence-corrected chi connectivity index (χ2v) is 5.12. The monoisotopic (exact) mass is 294 g/mol. The van der Waals surface area contributed by atoms with E-state index >= 15 is 0 Å². The molecule has 0 fully saturated rings. The van der Waals surface area contributed by atoms with Crippen LogP contribution in [0.15, 0.2) is 22.0 Å². The van der Waals surface area contributed by atoms with Crippen LogP contribution in [-0.2, 0) is 4.79 Å². The van der Waals surface area contributed by atoms with Gasteiger partial charge in [-0.3, -0.25) is 10.1 Å². The van der Waals surface area contributed by atoms with Crippen LogP contribution in [0.3, 0.4) is 0 Å². The van der Waals surface area contributed by atoms with Gasteiger partial charge in [-0.15, -0.1) is 11.3 Å². The highest BCUT2D eigenvalue weighted by molar-refractivity contribution is 7.13. The van der Waals surface area contributed by atoms with Gasteiger partial charge in [0, 0.05) is 6.42 Å². The number of nitrogens with one attached hydrogen (secondary N) is 1. The molecule has 6 nitrogen and oxygen atoms in total. The number of aromatic nitrogens is 1. The Balaban J connectivity index is 2.26. The van der Waals surface area contributed by atoms with E-state index in [2.05, 4.69) is 10.5 Å². The van der Waals surface area contributed by atoms with Crippen LogP contribution in [-0.4, -0.2) is 22.1 Å². The fraction of sp³-hybridized carbons (Fsp3) is 0.308. The zero-order chi connectivity index (χ0) is 14.5. The Morgan fingerprint density at radius 1 is 1.50 bits per heavy atom. The summed E-state index contributed by atoms with van der Waals surface area (Å²) in [6.45, 7) is 1.97. The summed E-state index contributed by atoms with van der Waals surface area (Å²) in [5, 5.41) is 17.3. The van der Waals surface area contributed by atoms with Crippen LogP contribution in [0.1, 0.15) is 36.5 Å². The van der Waals surface area contributed by atoms with Gasteiger partial charge >= 0.3 is 5.97 Å². The molecule has 7 heteroatoms. The molecule has 0 aliphatic rings. The number of thiophene rings is 1. The van der Waals surface area contributed by atoms with Gasteiger partial charge in [-0.25, -0.2) is 4.79 Å². The lowest BCUT2D eigenvalue weighted by atomic mass is 10.2. The molecule has 106 valence electrons. The fourth-order valence-electron chi connectivity index (χ4n) is 1.68. The van der Waals surface area contributed by atoms with Crippen molar-refractivity contribution in [2.45, 2.75) is 26.2 Å². The van der Waals surface area contributed by atoms with Crippen LogP contribution < -0.4 is 5.32 Å². The molecule has 0 unspecified atom stereocenters. The molecule has 0 aliphatic carbocycles. The summed E-state index contributed by atoms with van der Waals surface area (Å²) in [7, 11) is 0. The zero-order valence-corrected chi connectivity index (χ0v) is 11.7. The maximum absolute atomic E-state index is 11.7. The normalized spacial score (nSPS) is 10.4. The van der Waals surface area contributed by atoms with Crippen molar-refractivity contribution < 1.29 is 19.2 Å². The Kier molecular flexibility index (Phi) is 4.52. The van der Waals surface area contributed by atoms with Gasteiger partial charge in [-0.2, -0.15) is 0 Å². The maximum Gasteiger partial charge on any atom is 0.343 e. The van der Waals surface area contributed by atoms with E-state index in [0.717, 1.165) is 12.8 Å². The number of aromatic carboxylic acids is 1. The zero-order valence-electron chi connectivity index (χ0n) is 10.9. The largest absolute Gasteiger partial charge is 0.477 e. The average Bonchev–Trinajstić information content (AvgIpc) is 3.04. The predicted octanol–water partition coefficient (Wildman–Crippen LogP) is 3.23. The van der Waals surface area contributed by atoms with Crippen LogP contribution >= 0.6 is 11.3 Å². The Labute approximate surface area is 119 Å². The first kappa shape index (κ1) is 14.3. The number of unbranched alkanes of at least 4 members (excludes halogenated alkanes) is 1. The summed E-state index contributed by atoms with van der Waals surface area (Å²) < 4.78 is 4.98. The Morgan fingerprint density at radius 3 is 2.90 bits per heavy atom. The third kappa shape index (κ3) is 3.05. The summed E-state index contributed by atoms with van der Waals surface area (Å²) in [5.74, 6) is -1.56. The molecular formula is C13H14N2O4S. The van der Waals surface area contributed by atoms with Gasteiger partial charge < -0.3 is 9.63 Å². The molecule has 0 saturated carbocycles. The quantitative estimate of drug-likeness (QED) is 0.853. The number of carbonyl (C=O) groups excluding carboxylic acids is 1. The van der Waals surface area contributed by atoms with E-state index in [1.165, 1.54) is 11.3 Å². The maximum atomic E-state index is 11.7. The van der Waals surface area contributed by atoms with E-state index in [0.29, 0.717) is 11.3 Å². The van der Waals surface area contributed by atoms with Crippen molar-refractivity contribution in [2.24, 2.45) is 0 Å². The highest BCUT2D eigenvalue weighted by atomic mass is 32.1. The molecule has 2 aromatic heterocycles. The lowest BCUT2D eigenvalue weighted by molar-refractivity contribution is -0.116. The molecular weight excluding hydrogens is 280 g/mol. The highest BCUT2D eigenvalue weighted by Crippen LogP contribution is 2.31. The Morgan fingerprint density at radius 2 is 2.30 bits per heavy atom. The van der Waals surface area contributed by atoms with E-state index in [9.17, 15) is 14.7 Å². The van der Waals surface area contributed by atoms with Crippen molar-refractivity contribution in [1.29, 1.82) is 0 Å². The molecule has 2 aromatic rings. The van der Waals surface area contributed by atoms with E-state index < -0.39 is 5.97 Å². The van der Waals surface area contributed by atoms with E-state index in [-0.39, 0.29) is 23.0 Å². The van der Waals surface area contributed by atoms with Crippen LogP contribution in [0, 0.1) is 0 Å². The SMILES string of the molecule is CCCCC(=O)Nc1onc(-c2cccs2)c1C(=O)O. The van der Waals surface area contributed by atoms with Gasteiger partial charge in [0.25, 0.3) is 0 Å². The minimum Gasteiger partial charge on any atom is -0.477 e. The third-order valence-electron chi connectivity index (χ3n) is 2.67. The smallest absolute Gasteiger partial charge is 0.343 e. The number of carbonyl (C=O) groups is 2. The number of carboxylic acid groups (broad SMARTS) is 1. The minimum atomic E-state index is -1.18. The lowest BCUT2D eigenvalue weighted by Crippen LogP contribution is -2.13. The number of amides is 1. The Hall–Kier alpha value is -2.15. The van der Waals surface area contributed by atoms with Gasteiger partial charge in [-0.1, -0.05) is 24.6 Å². The summed E-state index contributed by atoms with van der Waals surface area (Å²) in [6, 6.07) is 3.54. The van der Waals surface area contributed by atoms with Gasteiger partial charge in [-0.05, 0) is 17.9 Å². The number of anilines is 1. The molecule has 2 heterocycles. The van der Waals surface area contributed by atoms with Crippen LogP contribution in [0.2, 0.25) is 0 Å². The van der Waals surface area contributed by atoms with Crippen molar-refractivity contribution in [2.75, 3.05) is 5.32 Å². The van der Waals surface area contributed by atoms with E-state index in [1.54, 1.807) is 12.1 Å². The standard InChI is InChI=1S/C13H14N2O4S/c1-2-3-6-9(16)14-12-10(13(17)18)11(15-19-12)8-5-4-7-20-8/h4-5,7H,2-3,6H2,1H3,(H,14,16)(H,17,18). The predicted molar refractivity (Wildman–Crippen MR) is 74.9 cm³/mol. The van der Waals surface area contributed by atoms with Crippen LogP contribution in [0.5, 0.6) is 0 Å². The highest BCUT2D eigenvalue weighted by Gasteiger charge is 2.25. The van der Waals surface area contributed by atoms with Gasteiger partial charge in [0.1, 0.15) is 5.69 Å². The van der Waals surface area contributed by atoms with Crippen molar-refractivity contribution in [3.05, 3.63) is 23.1 Å². The average molecular weight is 294 g/mol. The first-order valence-electron chi connectivity index (χ1n) is 6.20. The topological polar surface area (TPSA) is 92.4 Å². The first-order chi connectivity index (χ1) is 9.63. The molecule has 0 aliphatic heterocycles. The fourth-order valence-corrected chi connectivity index (χ4v) is 2.39. The molecule has 0 aromatic carbocycles. The van der Waals surface area contributed by atoms with Crippen molar-refractivity contribution >= 4 is 29.1 Å². The second kappa shape index (κ2) is 6.33. The number of rotatable bonds is 6. The lowest BCUT2D eigenvalue weighted by Gasteiger charge is -2.01. The van der Waals surface area contributed by atoms with Crippen molar-refractivity contribution in [3.63, 3.8) is 0 Å². The molecule has 2 N–H and O–H groups in total. The second-order valence-electron chi connectivity index (χ2n) is 4.17. The Bertz CT molecular complexity index is 604. The number of nitrogens with zero attached hydrogens (tertiary/aromatic N) is 1. The molecule has 1 amide bonds. The molecule has 0 atom stereocenters. The first-order valence-corrected chi connectivity index (χ1v) is 7.08. The van der Waals surface area contributed by atoms with Gasteiger partial charge in [0.15, 0.2) is 5.56 Å². The summed E-state index contributed by atoms with van der Waals surface area (Å²) in [4.78, 5) is 23.7. The third-order valence-corrected chi connectivity index (χ3v) is 3.55. The van der Waals surface area contributed by atoms with Gasteiger partial charge in [0.2, 0.25) is 11.8 Å². The van der Waals surface area contributed by atoms with E-state index in [1.807, 2.05) is 12.3 Å². The molecule has 0 radical (unpaired) electrons. The minimum absolute atomic E-state index is 0.109. The van der Waals surface area contributed by atoms with Crippen molar-refractivity contribution in [1.82, 2.24) is 5.16 Å². The number of carboxylic acids is 1. The van der Waals surface area contributed by atoms with Crippen molar-refractivity contribution in [3.8, 4) is 10.6 Å². The van der Waals surface area contributed by atoms with Crippen LogP contribution in [0.4, 0.5) is 5.88 Å². The summed E-state index contributed by atoms with van der Waals surface area (Å²) in [6.07, 6.45) is 1.95. The molecule has 20 heavy (non-hydrogen) atoms. The molecule has 0 saturated heterocycles. The van der Waals surface area contributed by atoms with E-state index in [4.69, 9.17) is 4.52 Å². The molecule has 0 bridgehead atoms. The van der Waals surface area contributed by atoms with Gasteiger partial charge in [0.05, 0.1) is 4.88 Å². The number of hydrogen-bond donors (Lipinski definition) is 2. The van der Waals surface area contributed by atoms with Crippen LogP contribution in [0.25, 0.3) is 10.6 Å². The molecule has 0 spiro atoms.